The topological polar surface area (TPSA) is 114 Å². The lowest BCUT2D eigenvalue weighted by Crippen LogP contribution is -2.08. The van der Waals surface area contributed by atoms with E-state index < -0.39 is 10.0 Å². The predicted molar refractivity (Wildman–Crippen MR) is 103 cm³/mol. The SMILES string of the molecule is Cc1nn(-c2cc(S)ccc2Cl)cc1N=Nc1nnc(NS(C)(=O)=O)s1. The Kier molecular flexibility index (Phi) is 5.27. The third-order valence-corrected chi connectivity index (χ3v) is 4.99. The van der Waals surface area contributed by atoms with Crippen molar-refractivity contribution in [2.24, 2.45) is 10.2 Å². The quantitative estimate of drug-likeness (QED) is 0.473. The van der Waals surface area contributed by atoms with E-state index in [2.05, 4.69) is 42.9 Å². The number of rotatable bonds is 5. The minimum absolute atomic E-state index is 0.117. The van der Waals surface area contributed by atoms with Crippen molar-refractivity contribution >= 4 is 61.5 Å². The van der Waals surface area contributed by atoms with Crippen molar-refractivity contribution < 1.29 is 8.42 Å². The number of nitrogens with zero attached hydrogens (tertiary/aromatic N) is 6. The zero-order valence-corrected chi connectivity index (χ0v) is 16.7. The summed E-state index contributed by atoms with van der Waals surface area (Å²) < 4.78 is 26.1. The van der Waals surface area contributed by atoms with Crippen LogP contribution in [0.15, 0.2) is 39.5 Å². The van der Waals surface area contributed by atoms with Gasteiger partial charge in [0, 0.05) is 4.90 Å². The Morgan fingerprint density at radius 2 is 2.08 bits per heavy atom. The van der Waals surface area contributed by atoms with E-state index in [0.717, 1.165) is 22.5 Å². The molecule has 13 heteroatoms. The van der Waals surface area contributed by atoms with Gasteiger partial charge in [0.05, 0.1) is 28.9 Å². The number of azo groups is 1. The molecule has 3 rings (SSSR count). The van der Waals surface area contributed by atoms with Crippen LogP contribution in [0.2, 0.25) is 5.02 Å². The summed E-state index contributed by atoms with van der Waals surface area (Å²) in [5.41, 5.74) is 1.81. The average molecular weight is 430 g/mol. The largest absolute Gasteiger partial charge is 0.257 e. The fourth-order valence-electron chi connectivity index (χ4n) is 1.90. The van der Waals surface area contributed by atoms with Gasteiger partial charge in [-0.05, 0) is 25.1 Å². The Morgan fingerprint density at radius 1 is 1.31 bits per heavy atom. The first-order valence-electron chi connectivity index (χ1n) is 6.99. The van der Waals surface area contributed by atoms with Crippen molar-refractivity contribution in [3.05, 3.63) is 35.1 Å². The molecular weight excluding hydrogens is 418 g/mol. The zero-order valence-electron chi connectivity index (χ0n) is 13.5. The minimum Gasteiger partial charge on any atom is -0.257 e. The number of thiol groups is 1. The molecule has 136 valence electrons. The predicted octanol–water partition coefficient (Wildman–Crippen LogP) is 3.76. The first kappa shape index (κ1) is 18.8. The Hall–Kier alpha value is -2.02. The molecule has 0 fully saturated rings. The van der Waals surface area contributed by atoms with Gasteiger partial charge in [0.2, 0.25) is 15.2 Å². The number of aryl methyl sites for hydroxylation is 1. The Bertz CT molecular complexity index is 1090. The second kappa shape index (κ2) is 7.31. The molecule has 0 aliphatic heterocycles. The minimum atomic E-state index is -3.42. The van der Waals surface area contributed by atoms with E-state index in [1.165, 1.54) is 0 Å². The number of hydrogen-bond acceptors (Lipinski definition) is 9. The standard InChI is InChI=1S/C13H12ClN7O2S3/c1-7-10(6-21(19-7)11-5-8(24)3-4-9(11)14)15-16-12-17-18-13(25-12)20-26(2,22)23/h3-6,24H,1-2H3,(H,18,20). The van der Waals surface area contributed by atoms with Crippen molar-refractivity contribution in [1.29, 1.82) is 0 Å². The highest BCUT2D eigenvalue weighted by Crippen LogP contribution is 2.29. The lowest BCUT2D eigenvalue weighted by atomic mass is 10.3. The summed E-state index contributed by atoms with van der Waals surface area (Å²) in [6.45, 7) is 1.78. The van der Waals surface area contributed by atoms with Crippen LogP contribution in [-0.2, 0) is 10.0 Å². The van der Waals surface area contributed by atoms with Crippen LogP contribution in [0.4, 0.5) is 16.0 Å². The number of hydrogen-bond donors (Lipinski definition) is 2. The summed E-state index contributed by atoms with van der Waals surface area (Å²) in [5.74, 6) is 0. The average Bonchev–Trinajstić information content (AvgIpc) is 3.12. The second-order valence-corrected chi connectivity index (χ2v) is 8.77. The smallest absolute Gasteiger partial charge is 0.253 e. The van der Waals surface area contributed by atoms with Gasteiger partial charge in [-0.15, -0.1) is 33.1 Å². The van der Waals surface area contributed by atoms with Crippen molar-refractivity contribution in [2.75, 3.05) is 11.0 Å². The highest BCUT2D eigenvalue weighted by molar-refractivity contribution is 7.92. The van der Waals surface area contributed by atoms with E-state index >= 15 is 0 Å². The van der Waals surface area contributed by atoms with E-state index in [0.29, 0.717) is 22.1 Å². The molecule has 1 N–H and O–H groups in total. The first-order valence-corrected chi connectivity index (χ1v) is 10.5. The molecule has 0 bridgehead atoms. The third-order valence-electron chi connectivity index (χ3n) is 2.98. The molecule has 0 amide bonds. The van der Waals surface area contributed by atoms with Gasteiger partial charge in [-0.1, -0.05) is 22.9 Å². The van der Waals surface area contributed by atoms with Crippen LogP contribution in [0.3, 0.4) is 0 Å². The molecule has 1 aromatic carbocycles. The van der Waals surface area contributed by atoms with Crippen LogP contribution in [0.1, 0.15) is 5.69 Å². The monoisotopic (exact) mass is 429 g/mol. The van der Waals surface area contributed by atoms with E-state index in [9.17, 15) is 8.42 Å². The van der Waals surface area contributed by atoms with Crippen LogP contribution in [0.25, 0.3) is 5.69 Å². The molecule has 2 heterocycles. The number of halogens is 1. The van der Waals surface area contributed by atoms with Crippen molar-refractivity contribution in [3.8, 4) is 5.69 Å². The van der Waals surface area contributed by atoms with Gasteiger partial charge in [0.15, 0.2) is 0 Å². The van der Waals surface area contributed by atoms with E-state index in [1.807, 2.05) is 0 Å². The van der Waals surface area contributed by atoms with Crippen LogP contribution in [0.5, 0.6) is 0 Å². The van der Waals surface area contributed by atoms with Gasteiger partial charge in [0.1, 0.15) is 5.69 Å². The normalized spacial score (nSPS) is 12.0. The molecule has 0 aliphatic carbocycles. The molecular formula is C13H12ClN7O2S3. The van der Waals surface area contributed by atoms with Crippen molar-refractivity contribution in [1.82, 2.24) is 20.0 Å². The molecule has 26 heavy (non-hydrogen) atoms. The molecule has 3 aromatic rings. The molecule has 0 unspecified atom stereocenters. The summed E-state index contributed by atoms with van der Waals surface area (Å²) in [4.78, 5) is 0.750. The summed E-state index contributed by atoms with van der Waals surface area (Å²) in [6.07, 6.45) is 2.70. The van der Waals surface area contributed by atoms with Crippen LogP contribution < -0.4 is 4.72 Å². The lowest BCUT2D eigenvalue weighted by molar-refractivity contribution is 0.606. The fraction of sp³-hybridized carbons (Fsp3) is 0.154. The molecule has 0 spiro atoms. The number of aromatic nitrogens is 4. The molecule has 2 aromatic heterocycles. The number of benzene rings is 1. The summed E-state index contributed by atoms with van der Waals surface area (Å²) >= 11 is 11.5. The maximum atomic E-state index is 11.2. The molecule has 9 nitrogen and oxygen atoms in total. The molecule has 0 aliphatic rings. The van der Waals surface area contributed by atoms with Gasteiger partial charge < -0.3 is 0 Å². The van der Waals surface area contributed by atoms with E-state index in [-0.39, 0.29) is 10.3 Å². The third kappa shape index (κ3) is 4.58. The first-order chi connectivity index (χ1) is 12.2. The van der Waals surface area contributed by atoms with Gasteiger partial charge in [-0.2, -0.15) is 5.10 Å². The van der Waals surface area contributed by atoms with Crippen LogP contribution >= 0.6 is 35.6 Å². The molecule has 0 atom stereocenters. The van der Waals surface area contributed by atoms with E-state index in [1.54, 1.807) is 36.0 Å². The second-order valence-electron chi connectivity index (χ2n) is 5.14. The van der Waals surface area contributed by atoms with Crippen molar-refractivity contribution in [3.63, 3.8) is 0 Å². The highest BCUT2D eigenvalue weighted by atomic mass is 35.5. The molecule has 0 radical (unpaired) electrons. The Labute approximate surface area is 163 Å². The number of nitrogens with one attached hydrogen (secondary N) is 1. The number of anilines is 1. The van der Waals surface area contributed by atoms with E-state index in [4.69, 9.17) is 11.6 Å². The van der Waals surface area contributed by atoms with Crippen LogP contribution in [0, 0.1) is 6.92 Å². The Balaban J connectivity index is 1.84. The van der Waals surface area contributed by atoms with Gasteiger partial charge >= 0.3 is 0 Å². The summed E-state index contributed by atoms with van der Waals surface area (Å²) in [6, 6.07) is 5.30. The lowest BCUT2D eigenvalue weighted by Gasteiger charge is -2.04. The highest BCUT2D eigenvalue weighted by Gasteiger charge is 2.11. The zero-order chi connectivity index (χ0) is 18.9. The maximum Gasteiger partial charge on any atom is 0.253 e. The van der Waals surface area contributed by atoms with Gasteiger partial charge in [-0.25, -0.2) is 13.1 Å². The summed E-state index contributed by atoms with van der Waals surface area (Å²) in [5, 5.41) is 20.7. The van der Waals surface area contributed by atoms with Gasteiger partial charge in [-0.3, -0.25) is 4.72 Å². The van der Waals surface area contributed by atoms with Crippen LogP contribution in [-0.4, -0.2) is 34.7 Å². The summed E-state index contributed by atoms with van der Waals surface area (Å²) in [7, 11) is -3.42. The van der Waals surface area contributed by atoms with Crippen molar-refractivity contribution in [2.45, 2.75) is 11.8 Å². The molecule has 0 saturated heterocycles. The number of sulfonamides is 1. The fourth-order valence-corrected chi connectivity index (χ4v) is 3.70. The Morgan fingerprint density at radius 3 is 2.81 bits per heavy atom. The molecule has 0 saturated carbocycles. The maximum absolute atomic E-state index is 11.2. The van der Waals surface area contributed by atoms with Gasteiger partial charge in [0.25, 0.3) is 5.13 Å².